The Labute approximate surface area is 119 Å². The molecule has 102 valence electrons. The van der Waals surface area contributed by atoms with Gasteiger partial charge >= 0.3 is 0 Å². The van der Waals surface area contributed by atoms with Gasteiger partial charge in [0.1, 0.15) is 0 Å². The third-order valence-electron chi connectivity index (χ3n) is 2.32. The van der Waals surface area contributed by atoms with Crippen LogP contribution < -0.4 is 0 Å². The van der Waals surface area contributed by atoms with Crippen molar-refractivity contribution in [3.8, 4) is 11.4 Å². The molecular weight excluding hydrogens is 288 g/mol. The second-order valence-electron chi connectivity index (χ2n) is 3.87. The van der Waals surface area contributed by atoms with Gasteiger partial charge in [-0.15, -0.1) is 11.8 Å². The fraction of sp³-hybridized carbons (Fsp3) is 0.333. The summed E-state index contributed by atoms with van der Waals surface area (Å²) in [7, 11) is 0. The molecular formula is C12H13ClN2O3S. The quantitative estimate of drug-likeness (QED) is 0.849. The van der Waals surface area contributed by atoms with Crippen LogP contribution in [0.25, 0.3) is 11.4 Å². The Morgan fingerprint density at radius 2 is 2.05 bits per heavy atom. The highest BCUT2D eigenvalue weighted by molar-refractivity contribution is 7.98. The largest absolute Gasteiger partial charge is 0.394 e. The molecule has 0 saturated heterocycles. The van der Waals surface area contributed by atoms with E-state index in [4.69, 9.17) is 21.2 Å². The summed E-state index contributed by atoms with van der Waals surface area (Å²) in [4.78, 5) is 4.25. The molecule has 7 heteroatoms. The molecule has 0 fully saturated rings. The molecule has 0 spiro atoms. The van der Waals surface area contributed by atoms with Gasteiger partial charge in [0.05, 0.1) is 18.5 Å². The molecule has 0 radical (unpaired) electrons. The van der Waals surface area contributed by atoms with Crippen LogP contribution >= 0.6 is 23.4 Å². The van der Waals surface area contributed by atoms with Gasteiger partial charge in [0.2, 0.25) is 11.7 Å². The molecule has 2 N–H and O–H groups in total. The van der Waals surface area contributed by atoms with E-state index in [9.17, 15) is 5.11 Å². The van der Waals surface area contributed by atoms with Crippen LogP contribution in [0, 0.1) is 0 Å². The van der Waals surface area contributed by atoms with Gasteiger partial charge < -0.3 is 14.7 Å². The topological polar surface area (TPSA) is 79.4 Å². The zero-order valence-electron chi connectivity index (χ0n) is 9.99. The summed E-state index contributed by atoms with van der Waals surface area (Å²) in [5.74, 6) is 1.92. The third-order valence-corrected chi connectivity index (χ3v) is 3.64. The lowest BCUT2D eigenvalue weighted by Gasteiger charge is -2.03. The molecule has 19 heavy (non-hydrogen) atoms. The van der Waals surface area contributed by atoms with Crippen LogP contribution in [0.2, 0.25) is 5.02 Å². The number of benzene rings is 1. The van der Waals surface area contributed by atoms with E-state index in [2.05, 4.69) is 10.1 Å². The Kier molecular flexibility index (Phi) is 5.21. The molecule has 0 aliphatic heterocycles. The Morgan fingerprint density at radius 3 is 2.74 bits per heavy atom. The number of thioether (sulfide) groups is 1. The summed E-state index contributed by atoms with van der Waals surface area (Å²) < 4.78 is 5.11. The molecule has 2 rings (SSSR count). The molecule has 0 bridgehead atoms. The maximum absolute atomic E-state index is 9.20. The number of halogens is 1. The zero-order valence-corrected chi connectivity index (χ0v) is 11.6. The van der Waals surface area contributed by atoms with Crippen LogP contribution in [0.5, 0.6) is 0 Å². The van der Waals surface area contributed by atoms with Gasteiger partial charge in [-0.1, -0.05) is 16.8 Å². The minimum Gasteiger partial charge on any atom is -0.394 e. The maximum atomic E-state index is 9.20. The van der Waals surface area contributed by atoms with Crippen LogP contribution in [-0.2, 0) is 5.75 Å². The molecule has 1 aromatic heterocycles. The highest BCUT2D eigenvalue weighted by atomic mass is 35.5. The Balaban J connectivity index is 1.93. The first-order chi connectivity index (χ1) is 9.19. The first kappa shape index (κ1) is 14.3. The normalized spacial score (nSPS) is 12.6. The first-order valence-electron chi connectivity index (χ1n) is 5.64. The first-order valence-corrected chi connectivity index (χ1v) is 7.17. The molecule has 0 aliphatic rings. The van der Waals surface area contributed by atoms with Crippen molar-refractivity contribution < 1.29 is 14.7 Å². The van der Waals surface area contributed by atoms with E-state index in [1.54, 1.807) is 12.1 Å². The van der Waals surface area contributed by atoms with E-state index >= 15 is 0 Å². The number of hydrogen-bond acceptors (Lipinski definition) is 6. The van der Waals surface area contributed by atoms with Crippen molar-refractivity contribution in [2.24, 2.45) is 0 Å². The highest BCUT2D eigenvalue weighted by Crippen LogP contribution is 2.20. The standard InChI is InChI=1S/C12H13ClN2O3S/c13-9-3-1-8(2-4-9)12-14-11(18-15-12)7-19-6-10(17)5-16/h1-4,10,16-17H,5-7H2/t10-/m1/s1. The van der Waals surface area contributed by atoms with Gasteiger partial charge in [-0.25, -0.2) is 0 Å². The van der Waals surface area contributed by atoms with Crippen molar-refractivity contribution in [1.82, 2.24) is 10.1 Å². The molecule has 1 heterocycles. The fourth-order valence-electron chi connectivity index (χ4n) is 1.36. The van der Waals surface area contributed by atoms with E-state index in [-0.39, 0.29) is 6.61 Å². The number of rotatable bonds is 6. The van der Waals surface area contributed by atoms with E-state index in [1.807, 2.05) is 12.1 Å². The molecule has 0 aliphatic carbocycles. The van der Waals surface area contributed by atoms with Crippen LogP contribution in [0.3, 0.4) is 0 Å². The van der Waals surface area contributed by atoms with E-state index in [1.165, 1.54) is 11.8 Å². The van der Waals surface area contributed by atoms with Gasteiger partial charge in [0.15, 0.2) is 0 Å². The monoisotopic (exact) mass is 300 g/mol. The lowest BCUT2D eigenvalue weighted by Crippen LogP contribution is -2.14. The Hall–Kier alpha value is -1.08. The van der Waals surface area contributed by atoms with Crippen LogP contribution in [0.4, 0.5) is 0 Å². The molecule has 0 saturated carbocycles. The lowest BCUT2D eigenvalue weighted by atomic mass is 10.2. The number of hydrogen-bond donors (Lipinski definition) is 2. The smallest absolute Gasteiger partial charge is 0.236 e. The summed E-state index contributed by atoms with van der Waals surface area (Å²) in [6.07, 6.45) is -0.719. The molecule has 1 aromatic carbocycles. The SMILES string of the molecule is OC[C@@H](O)CSCc1nc(-c2ccc(Cl)cc2)no1. The Bertz CT molecular complexity index is 518. The van der Waals surface area contributed by atoms with Gasteiger partial charge in [-0.2, -0.15) is 4.98 Å². The minimum atomic E-state index is -0.719. The summed E-state index contributed by atoms with van der Waals surface area (Å²) in [5, 5.41) is 22.4. The summed E-state index contributed by atoms with van der Waals surface area (Å²) in [6.45, 7) is -0.243. The molecule has 2 aromatic rings. The van der Waals surface area contributed by atoms with Gasteiger partial charge in [-0.05, 0) is 24.3 Å². The lowest BCUT2D eigenvalue weighted by molar-refractivity contribution is 0.113. The predicted molar refractivity (Wildman–Crippen MR) is 74.0 cm³/mol. The maximum Gasteiger partial charge on any atom is 0.236 e. The number of aliphatic hydroxyl groups is 2. The van der Waals surface area contributed by atoms with E-state index < -0.39 is 6.10 Å². The fourth-order valence-corrected chi connectivity index (χ4v) is 2.28. The summed E-state index contributed by atoms with van der Waals surface area (Å²) in [5.41, 5.74) is 0.833. The van der Waals surface area contributed by atoms with E-state index in [0.717, 1.165) is 5.56 Å². The average molecular weight is 301 g/mol. The van der Waals surface area contributed by atoms with Gasteiger partial charge in [0, 0.05) is 16.3 Å². The zero-order chi connectivity index (χ0) is 13.7. The molecule has 0 unspecified atom stereocenters. The van der Waals surface area contributed by atoms with Crippen molar-refractivity contribution in [3.63, 3.8) is 0 Å². The second-order valence-corrected chi connectivity index (χ2v) is 5.34. The van der Waals surface area contributed by atoms with Crippen LogP contribution in [0.1, 0.15) is 5.89 Å². The number of nitrogens with zero attached hydrogens (tertiary/aromatic N) is 2. The minimum absolute atomic E-state index is 0.243. The van der Waals surface area contributed by atoms with Crippen LogP contribution in [0.15, 0.2) is 28.8 Å². The van der Waals surface area contributed by atoms with Crippen molar-refractivity contribution >= 4 is 23.4 Å². The van der Waals surface area contributed by atoms with Gasteiger partial charge in [0.25, 0.3) is 0 Å². The van der Waals surface area contributed by atoms with Crippen molar-refractivity contribution in [1.29, 1.82) is 0 Å². The molecule has 5 nitrogen and oxygen atoms in total. The highest BCUT2D eigenvalue weighted by Gasteiger charge is 2.09. The second kappa shape index (κ2) is 6.91. The predicted octanol–water partition coefficient (Wildman–Crippen LogP) is 1.98. The molecule has 1 atom stereocenters. The number of aliphatic hydroxyl groups excluding tert-OH is 2. The van der Waals surface area contributed by atoms with Crippen molar-refractivity contribution in [2.75, 3.05) is 12.4 Å². The molecule has 0 amide bonds. The average Bonchev–Trinajstić information content (AvgIpc) is 2.88. The van der Waals surface area contributed by atoms with Crippen molar-refractivity contribution in [3.05, 3.63) is 35.2 Å². The number of aromatic nitrogens is 2. The summed E-state index contributed by atoms with van der Waals surface area (Å²) in [6, 6.07) is 7.16. The summed E-state index contributed by atoms with van der Waals surface area (Å²) >= 11 is 7.23. The van der Waals surface area contributed by atoms with E-state index in [0.29, 0.717) is 28.2 Å². The van der Waals surface area contributed by atoms with Gasteiger partial charge in [-0.3, -0.25) is 0 Å². The Morgan fingerprint density at radius 1 is 1.32 bits per heavy atom. The third kappa shape index (κ3) is 4.21. The van der Waals surface area contributed by atoms with Crippen LogP contribution in [-0.4, -0.2) is 38.8 Å². The van der Waals surface area contributed by atoms with Crippen molar-refractivity contribution in [2.45, 2.75) is 11.9 Å².